The number of ether oxygens (including phenoxy) is 2. The molecule has 2 aliphatic rings. The summed E-state index contributed by atoms with van der Waals surface area (Å²) in [4.78, 5) is 0. The smallest absolute Gasteiger partial charge is 0.0546 e. The van der Waals surface area contributed by atoms with Gasteiger partial charge in [0.25, 0.3) is 0 Å². The van der Waals surface area contributed by atoms with E-state index in [0.29, 0.717) is 5.41 Å². The SMILES string of the molecule is COCC1(COC)CC(=CC2CC2)C1. The lowest BCUT2D eigenvalue weighted by atomic mass is 9.66. The molecule has 80 valence electrons. The molecule has 0 heterocycles. The quantitative estimate of drug-likeness (QED) is 0.629. The van der Waals surface area contributed by atoms with E-state index in [4.69, 9.17) is 9.47 Å². The van der Waals surface area contributed by atoms with Crippen molar-refractivity contribution in [2.75, 3.05) is 27.4 Å². The van der Waals surface area contributed by atoms with Gasteiger partial charge in [0, 0.05) is 19.6 Å². The summed E-state index contributed by atoms with van der Waals surface area (Å²) in [6, 6.07) is 0. The molecule has 2 rings (SSSR count). The molecule has 14 heavy (non-hydrogen) atoms. The number of rotatable bonds is 5. The van der Waals surface area contributed by atoms with Crippen LogP contribution in [0.15, 0.2) is 11.6 Å². The summed E-state index contributed by atoms with van der Waals surface area (Å²) in [7, 11) is 3.56. The van der Waals surface area contributed by atoms with Gasteiger partial charge in [0.2, 0.25) is 0 Å². The molecule has 0 aliphatic heterocycles. The second-order valence-electron chi connectivity index (χ2n) is 4.88. The highest BCUT2D eigenvalue weighted by Gasteiger charge is 2.41. The van der Waals surface area contributed by atoms with Crippen LogP contribution >= 0.6 is 0 Å². The molecule has 0 amide bonds. The Hall–Kier alpha value is -0.340. The van der Waals surface area contributed by atoms with Gasteiger partial charge in [-0.15, -0.1) is 0 Å². The van der Waals surface area contributed by atoms with Gasteiger partial charge in [-0.2, -0.15) is 0 Å². The van der Waals surface area contributed by atoms with Crippen LogP contribution in [-0.2, 0) is 9.47 Å². The summed E-state index contributed by atoms with van der Waals surface area (Å²) in [5.41, 5.74) is 1.92. The molecule has 2 heteroatoms. The maximum atomic E-state index is 5.26. The van der Waals surface area contributed by atoms with Crippen molar-refractivity contribution in [2.24, 2.45) is 11.3 Å². The molecule has 0 N–H and O–H groups in total. The van der Waals surface area contributed by atoms with E-state index in [0.717, 1.165) is 19.1 Å². The van der Waals surface area contributed by atoms with Gasteiger partial charge in [-0.05, 0) is 31.6 Å². The molecule has 0 spiro atoms. The molecule has 2 aliphatic carbocycles. The third-order valence-electron chi connectivity index (χ3n) is 3.20. The van der Waals surface area contributed by atoms with Crippen LogP contribution in [0.5, 0.6) is 0 Å². The highest BCUT2D eigenvalue weighted by Crippen LogP contribution is 2.47. The Morgan fingerprint density at radius 3 is 2.21 bits per heavy atom. The molecule has 2 fully saturated rings. The Morgan fingerprint density at radius 2 is 1.79 bits per heavy atom. The van der Waals surface area contributed by atoms with Gasteiger partial charge >= 0.3 is 0 Å². The first-order chi connectivity index (χ1) is 6.78. The zero-order valence-electron chi connectivity index (χ0n) is 9.21. The van der Waals surface area contributed by atoms with Crippen LogP contribution in [-0.4, -0.2) is 27.4 Å². The summed E-state index contributed by atoms with van der Waals surface area (Å²) in [5, 5.41) is 0. The van der Waals surface area contributed by atoms with Crippen LogP contribution < -0.4 is 0 Å². The average Bonchev–Trinajstić information content (AvgIpc) is 2.86. The van der Waals surface area contributed by atoms with Gasteiger partial charge in [-0.25, -0.2) is 0 Å². The summed E-state index contributed by atoms with van der Waals surface area (Å²) in [6.45, 7) is 1.67. The predicted molar refractivity (Wildman–Crippen MR) is 56.2 cm³/mol. The third-order valence-corrected chi connectivity index (χ3v) is 3.20. The fourth-order valence-corrected chi connectivity index (χ4v) is 2.48. The highest BCUT2D eigenvalue weighted by atomic mass is 16.5. The van der Waals surface area contributed by atoms with E-state index in [2.05, 4.69) is 6.08 Å². The minimum atomic E-state index is 0.296. The van der Waals surface area contributed by atoms with Crippen molar-refractivity contribution in [3.63, 3.8) is 0 Å². The number of hydrogen-bond acceptors (Lipinski definition) is 2. The molecule has 0 atom stereocenters. The molecule has 0 unspecified atom stereocenters. The second kappa shape index (κ2) is 4.03. The van der Waals surface area contributed by atoms with Crippen molar-refractivity contribution in [3.8, 4) is 0 Å². The van der Waals surface area contributed by atoms with Crippen LogP contribution in [0.25, 0.3) is 0 Å². The molecule has 0 aromatic carbocycles. The Kier molecular flexibility index (Phi) is 2.93. The van der Waals surface area contributed by atoms with Crippen LogP contribution in [0.2, 0.25) is 0 Å². The van der Waals surface area contributed by atoms with Crippen LogP contribution in [0.4, 0.5) is 0 Å². The molecule has 2 nitrogen and oxygen atoms in total. The minimum Gasteiger partial charge on any atom is -0.384 e. The first-order valence-electron chi connectivity index (χ1n) is 5.45. The van der Waals surface area contributed by atoms with Crippen molar-refractivity contribution >= 4 is 0 Å². The lowest BCUT2D eigenvalue weighted by molar-refractivity contribution is -0.0153. The van der Waals surface area contributed by atoms with E-state index < -0.39 is 0 Å². The van der Waals surface area contributed by atoms with E-state index in [-0.39, 0.29) is 0 Å². The highest BCUT2D eigenvalue weighted by molar-refractivity contribution is 5.21. The van der Waals surface area contributed by atoms with Gasteiger partial charge in [-0.1, -0.05) is 11.6 Å². The first-order valence-corrected chi connectivity index (χ1v) is 5.45. The maximum Gasteiger partial charge on any atom is 0.0546 e. The lowest BCUT2D eigenvalue weighted by Gasteiger charge is -2.43. The topological polar surface area (TPSA) is 18.5 Å². The number of hydrogen-bond donors (Lipinski definition) is 0. The molecule has 0 bridgehead atoms. The Labute approximate surface area is 86.3 Å². The average molecular weight is 196 g/mol. The van der Waals surface area contributed by atoms with E-state index >= 15 is 0 Å². The van der Waals surface area contributed by atoms with Gasteiger partial charge in [-0.3, -0.25) is 0 Å². The zero-order valence-corrected chi connectivity index (χ0v) is 9.21. The summed E-state index contributed by atoms with van der Waals surface area (Å²) < 4.78 is 10.5. The fraction of sp³-hybridized carbons (Fsp3) is 0.833. The molecule has 2 saturated carbocycles. The Bertz CT molecular complexity index is 212. The van der Waals surface area contributed by atoms with E-state index in [1.54, 1.807) is 19.8 Å². The van der Waals surface area contributed by atoms with E-state index in [1.807, 2.05) is 0 Å². The fourth-order valence-electron chi connectivity index (χ4n) is 2.48. The van der Waals surface area contributed by atoms with Gasteiger partial charge in [0.15, 0.2) is 0 Å². The van der Waals surface area contributed by atoms with Gasteiger partial charge in [0.05, 0.1) is 13.2 Å². The van der Waals surface area contributed by atoms with Crippen molar-refractivity contribution in [1.82, 2.24) is 0 Å². The maximum absolute atomic E-state index is 5.26. The van der Waals surface area contributed by atoms with Gasteiger partial charge < -0.3 is 9.47 Å². The third kappa shape index (κ3) is 2.18. The lowest BCUT2D eigenvalue weighted by Crippen LogP contribution is -2.40. The normalized spacial score (nSPS) is 24.6. The summed E-state index contributed by atoms with van der Waals surface area (Å²) in [6.07, 6.45) is 7.66. The molecular weight excluding hydrogens is 176 g/mol. The van der Waals surface area contributed by atoms with Crippen LogP contribution in [0.3, 0.4) is 0 Å². The van der Waals surface area contributed by atoms with Crippen molar-refractivity contribution in [2.45, 2.75) is 25.7 Å². The summed E-state index contributed by atoms with van der Waals surface area (Å²) >= 11 is 0. The first kappa shape index (κ1) is 10.2. The monoisotopic (exact) mass is 196 g/mol. The number of methoxy groups -OCH3 is 2. The zero-order chi connectivity index (χ0) is 10.0. The van der Waals surface area contributed by atoms with E-state index in [9.17, 15) is 0 Å². The molecule has 0 aromatic rings. The van der Waals surface area contributed by atoms with Crippen molar-refractivity contribution in [1.29, 1.82) is 0 Å². The molecule has 0 aromatic heterocycles. The minimum absolute atomic E-state index is 0.296. The number of allylic oxidation sites excluding steroid dienone is 2. The van der Waals surface area contributed by atoms with Crippen molar-refractivity contribution < 1.29 is 9.47 Å². The largest absolute Gasteiger partial charge is 0.384 e. The van der Waals surface area contributed by atoms with Crippen molar-refractivity contribution in [3.05, 3.63) is 11.6 Å². The van der Waals surface area contributed by atoms with E-state index in [1.165, 1.54) is 25.7 Å². The second-order valence-corrected chi connectivity index (χ2v) is 4.88. The van der Waals surface area contributed by atoms with Crippen LogP contribution in [0.1, 0.15) is 25.7 Å². The molecular formula is C12H20O2. The Balaban J connectivity index is 1.85. The molecule has 0 saturated heterocycles. The standard InChI is InChI=1S/C12H20O2/c1-13-8-12(9-14-2)6-11(7-12)5-10-3-4-10/h5,10H,3-4,6-9H2,1-2H3. The molecule has 0 radical (unpaired) electrons. The van der Waals surface area contributed by atoms with Crippen LogP contribution in [0, 0.1) is 11.3 Å². The predicted octanol–water partition coefficient (Wildman–Crippen LogP) is 2.40. The van der Waals surface area contributed by atoms with Gasteiger partial charge in [0.1, 0.15) is 0 Å². The Morgan fingerprint density at radius 1 is 1.21 bits per heavy atom. The summed E-state index contributed by atoms with van der Waals surface area (Å²) in [5.74, 6) is 0.910.